The Balaban J connectivity index is 1.52. The fourth-order valence-corrected chi connectivity index (χ4v) is 2.88. The van der Waals surface area contributed by atoms with Crippen LogP contribution < -0.4 is 25.0 Å². The van der Waals surface area contributed by atoms with Crippen LogP contribution in [0.3, 0.4) is 0 Å². The molecule has 0 spiro atoms. The van der Waals surface area contributed by atoms with Crippen LogP contribution in [0.1, 0.15) is 21.9 Å². The van der Waals surface area contributed by atoms with Crippen molar-refractivity contribution in [2.75, 3.05) is 33.2 Å². The van der Waals surface area contributed by atoms with Gasteiger partial charge < -0.3 is 28.7 Å². The lowest BCUT2D eigenvalue weighted by molar-refractivity contribution is -0.119. The van der Waals surface area contributed by atoms with Gasteiger partial charge >= 0.3 is 5.97 Å². The van der Waals surface area contributed by atoms with E-state index >= 15 is 0 Å². The number of rotatable bonds is 11. The van der Waals surface area contributed by atoms with Crippen molar-refractivity contribution in [1.82, 2.24) is 5.43 Å². The summed E-state index contributed by atoms with van der Waals surface area (Å²) in [6.45, 7) is 0.119. The molecule has 1 heterocycles. The molecule has 3 aromatic rings. The fraction of sp³-hybridized carbons (Fsp3) is 0.208. The quantitative estimate of drug-likeness (QED) is 0.251. The van der Waals surface area contributed by atoms with Gasteiger partial charge in [0, 0.05) is 0 Å². The first-order valence-electron chi connectivity index (χ1n) is 10.2. The number of anilines is 1. The van der Waals surface area contributed by atoms with E-state index in [0.29, 0.717) is 34.3 Å². The number of nitrogens with one attached hydrogen (secondary N) is 2. The molecule has 178 valence electrons. The fourth-order valence-electron chi connectivity index (χ4n) is 2.88. The minimum atomic E-state index is -0.560. The Morgan fingerprint density at radius 3 is 2.53 bits per heavy atom. The second kappa shape index (κ2) is 12.0. The predicted octanol–water partition coefficient (Wildman–Crippen LogP) is 3.22. The summed E-state index contributed by atoms with van der Waals surface area (Å²) in [6, 6.07) is 15.6. The van der Waals surface area contributed by atoms with Gasteiger partial charge in [0.2, 0.25) is 5.76 Å². The third kappa shape index (κ3) is 6.52. The Kier molecular flexibility index (Phi) is 8.50. The number of nitrogens with zero attached hydrogens (tertiary/aromatic N) is 1. The minimum Gasteiger partial charge on any atom is -0.495 e. The number of hydrazone groups is 1. The maximum Gasteiger partial charge on any atom is 0.373 e. The summed E-state index contributed by atoms with van der Waals surface area (Å²) in [4.78, 5) is 23.5. The van der Waals surface area contributed by atoms with Gasteiger partial charge in [0.25, 0.3) is 5.91 Å². The summed E-state index contributed by atoms with van der Waals surface area (Å²) < 4.78 is 26.3. The molecule has 0 aliphatic heterocycles. The number of esters is 1. The van der Waals surface area contributed by atoms with E-state index in [-0.39, 0.29) is 24.8 Å². The molecule has 0 fully saturated rings. The van der Waals surface area contributed by atoms with Gasteiger partial charge in [0.1, 0.15) is 18.1 Å². The molecule has 0 atom stereocenters. The SMILES string of the molecule is COC(=O)c1ccc(COc2ccc(/C=N/NC(=O)CNc3ccccc3OC)cc2OC)o1. The van der Waals surface area contributed by atoms with Gasteiger partial charge in [0.15, 0.2) is 11.5 Å². The van der Waals surface area contributed by atoms with Crippen molar-refractivity contribution in [3.63, 3.8) is 0 Å². The highest BCUT2D eigenvalue weighted by Gasteiger charge is 2.12. The van der Waals surface area contributed by atoms with Crippen molar-refractivity contribution in [3.8, 4) is 17.2 Å². The van der Waals surface area contributed by atoms with E-state index in [2.05, 4.69) is 20.6 Å². The third-order valence-electron chi connectivity index (χ3n) is 4.56. The summed E-state index contributed by atoms with van der Waals surface area (Å²) in [6.07, 6.45) is 1.49. The molecule has 2 aromatic carbocycles. The molecule has 0 radical (unpaired) electrons. The first kappa shape index (κ1) is 24.2. The van der Waals surface area contributed by atoms with Gasteiger partial charge in [-0.2, -0.15) is 5.10 Å². The van der Waals surface area contributed by atoms with Crippen LogP contribution in [0.25, 0.3) is 0 Å². The Hall–Kier alpha value is -4.47. The molecule has 0 bridgehead atoms. The molecule has 0 aliphatic rings. The number of methoxy groups -OCH3 is 3. The predicted molar refractivity (Wildman–Crippen MR) is 125 cm³/mol. The van der Waals surface area contributed by atoms with Crippen LogP contribution in [0.15, 0.2) is 64.1 Å². The Labute approximate surface area is 196 Å². The van der Waals surface area contributed by atoms with Gasteiger partial charge in [-0.25, -0.2) is 10.2 Å². The molecular formula is C24H25N3O7. The molecule has 10 heteroatoms. The van der Waals surface area contributed by atoms with Crippen LogP contribution in [0, 0.1) is 0 Å². The Bertz CT molecular complexity index is 1160. The molecular weight excluding hydrogens is 442 g/mol. The molecule has 3 rings (SSSR count). The average Bonchev–Trinajstić information content (AvgIpc) is 3.35. The first-order chi connectivity index (χ1) is 16.5. The summed E-state index contributed by atoms with van der Waals surface area (Å²) in [5.74, 6) is 1.25. The number of hydrogen-bond donors (Lipinski definition) is 2. The molecule has 0 aliphatic carbocycles. The lowest BCUT2D eigenvalue weighted by atomic mass is 10.2. The normalized spacial score (nSPS) is 10.6. The van der Waals surface area contributed by atoms with Gasteiger partial charge in [-0.05, 0) is 48.0 Å². The summed E-state index contributed by atoms with van der Waals surface area (Å²) in [7, 11) is 4.35. The minimum absolute atomic E-state index is 0.0261. The van der Waals surface area contributed by atoms with E-state index in [1.165, 1.54) is 26.5 Å². The van der Waals surface area contributed by atoms with Crippen LogP contribution in [0.5, 0.6) is 17.2 Å². The van der Waals surface area contributed by atoms with Crippen molar-refractivity contribution >= 4 is 23.8 Å². The van der Waals surface area contributed by atoms with Crippen molar-refractivity contribution in [2.45, 2.75) is 6.61 Å². The van der Waals surface area contributed by atoms with E-state index in [4.69, 9.17) is 18.6 Å². The van der Waals surface area contributed by atoms with E-state index in [1.807, 2.05) is 18.2 Å². The largest absolute Gasteiger partial charge is 0.495 e. The second-order valence-electron chi connectivity index (χ2n) is 6.80. The van der Waals surface area contributed by atoms with E-state index < -0.39 is 5.97 Å². The summed E-state index contributed by atoms with van der Waals surface area (Å²) >= 11 is 0. The molecule has 1 aromatic heterocycles. The number of ether oxygens (including phenoxy) is 4. The number of carbonyl (C=O) groups is 2. The maximum absolute atomic E-state index is 12.1. The van der Waals surface area contributed by atoms with Crippen LogP contribution >= 0.6 is 0 Å². The standard InChI is InChI=1S/C24H25N3O7/c1-30-19-7-5-4-6-18(19)25-14-23(28)27-26-13-16-8-10-20(22(12-16)31-2)33-15-17-9-11-21(34-17)24(29)32-3/h4-13,25H,14-15H2,1-3H3,(H,27,28)/b26-13+. The van der Waals surface area contributed by atoms with Crippen molar-refractivity contribution in [1.29, 1.82) is 0 Å². The zero-order valence-electron chi connectivity index (χ0n) is 19.0. The van der Waals surface area contributed by atoms with E-state index in [1.54, 1.807) is 37.4 Å². The summed E-state index contributed by atoms with van der Waals surface area (Å²) in [5, 5.41) is 6.97. The molecule has 0 saturated carbocycles. The lowest BCUT2D eigenvalue weighted by Crippen LogP contribution is -2.26. The zero-order chi connectivity index (χ0) is 24.3. The topological polar surface area (TPSA) is 121 Å². The maximum atomic E-state index is 12.1. The van der Waals surface area contributed by atoms with Crippen LogP contribution in [-0.2, 0) is 16.1 Å². The zero-order valence-corrected chi connectivity index (χ0v) is 19.0. The highest BCUT2D eigenvalue weighted by molar-refractivity contribution is 5.86. The van der Waals surface area contributed by atoms with Crippen molar-refractivity contribution < 1.29 is 33.0 Å². The molecule has 0 saturated heterocycles. The van der Waals surface area contributed by atoms with Gasteiger partial charge in [0.05, 0.1) is 39.8 Å². The number of hydrogen-bond acceptors (Lipinski definition) is 9. The number of benzene rings is 2. The highest BCUT2D eigenvalue weighted by Crippen LogP contribution is 2.28. The van der Waals surface area contributed by atoms with Crippen LogP contribution in [0.2, 0.25) is 0 Å². The molecule has 1 amide bonds. The van der Waals surface area contributed by atoms with Gasteiger partial charge in [-0.1, -0.05) is 12.1 Å². The van der Waals surface area contributed by atoms with E-state index in [0.717, 1.165) is 0 Å². The van der Waals surface area contributed by atoms with Crippen LogP contribution in [0.4, 0.5) is 5.69 Å². The third-order valence-corrected chi connectivity index (χ3v) is 4.56. The highest BCUT2D eigenvalue weighted by atomic mass is 16.5. The van der Waals surface area contributed by atoms with Crippen LogP contribution in [-0.4, -0.2) is 46.0 Å². The molecule has 0 unspecified atom stereocenters. The Morgan fingerprint density at radius 1 is 0.971 bits per heavy atom. The van der Waals surface area contributed by atoms with Gasteiger partial charge in [-0.3, -0.25) is 4.79 Å². The monoisotopic (exact) mass is 467 g/mol. The Morgan fingerprint density at radius 2 is 1.76 bits per heavy atom. The number of para-hydroxylation sites is 2. The smallest absolute Gasteiger partial charge is 0.373 e. The lowest BCUT2D eigenvalue weighted by Gasteiger charge is -2.10. The summed E-state index contributed by atoms with van der Waals surface area (Å²) in [5.41, 5.74) is 3.86. The first-order valence-corrected chi connectivity index (χ1v) is 10.2. The second-order valence-corrected chi connectivity index (χ2v) is 6.80. The van der Waals surface area contributed by atoms with Crippen molar-refractivity contribution in [2.24, 2.45) is 5.10 Å². The molecule has 34 heavy (non-hydrogen) atoms. The van der Waals surface area contributed by atoms with Crippen molar-refractivity contribution in [3.05, 3.63) is 71.7 Å². The number of carbonyl (C=O) groups excluding carboxylic acids is 2. The number of furan rings is 1. The van der Waals surface area contributed by atoms with E-state index in [9.17, 15) is 9.59 Å². The molecule has 10 nitrogen and oxygen atoms in total. The average molecular weight is 467 g/mol. The van der Waals surface area contributed by atoms with Gasteiger partial charge in [-0.15, -0.1) is 0 Å². The molecule has 2 N–H and O–H groups in total. The number of amides is 1.